The van der Waals surface area contributed by atoms with Gasteiger partial charge in [-0.2, -0.15) is 0 Å². The van der Waals surface area contributed by atoms with Crippen LogP contribution in [0.3, 0.4) is 0 Å². The molecule has 0 amide bonds. The molecule has 1 aliphatic carbocycles. The van der Waals surface area contributed by atoms with Crippen molar-refractivity contribution in [2.45, 2.75) is 43.8 Å². The molecule has 104 valence electrons. The minimum absolute atomic E-state index is 0.206. The van der Waals surface area contributed by atoms with Gasteiger partial charge in [0.15, 0.2) is 0 Å². The molecule has 3 unspecified atom stereocenters. The molecule has 1 fully saturated rings. The van der Waals surface area contributed by atoms with Gasteiger partial charge in [0.25, 0.3) is 0 Å². The summed E-state index contributed by atoms with van der Waals surface area (Å²) in [5, 5.41) is 3.75. The molecule has 0 bridgehead atoms. The first-order valence-electron chi connectivity index (χ1n) is 7.53. The number of rotatable bonds is 3. The molecule has 1 aromatic rings. The predicted molar refractivity (Wildman–Crippen MR) is 79.0 cm³/mol. The summed E-state index contributed by atoms with van der Waals surface area (Å²) >= 11 is 0. The Hall–Kier alpha value is -0.900. The molecular weight excluding hydrogens is 234 g/mol. The second kappa shape index (κ2) is 5.61. The van der Waals surface area contributed by atoms with E-state index in [4.69, 9.17) is 5.73 Å². The van der Waals surface area contributed by atoms with Crippen LogP contribution in [-0.2, 0) is 0 Å². The Morgan fingerprint density at radius 2 is 2.05 bits per heavy atom. The van der Waals surface area contributed by atoms with Gasteiger partial charge in [0.05, 0.1) is 0 Å². The summed E-state index contributed by atoms with van der Waals surface area (Å²) in [6.45, 7) is 2.33. The van der Waals surface area contributed by atoms with Crippen molar-refractivity contribution in [3.8, 4) is 0 Å². The molecule has 0 aromatic heterocycles. The average Bonchev–Trinajstić information content (AvgIpc) is 2.75. The normalized spacial score (nSPS) is 31.4. The Morgan fingerprint density at radius 1 is 1.26 bits per heavy atom. The fourth-order valence-electron chi connectivity index (χ4n) is 3.55. The molecule has 1 heterocycles. The van der Waals surface area contributed by atoms with Crippen molar-refractivity contribution in [3.63, 3.8) is 0 Å². The van der Waals surface area contributed by atoms with Crippen LogP contribution in [0.25, 0.3) is 0 Å². The fourth-order valence-corrected chi connectivity index (χ4v) is 3.55. The number of fused-ring (bicyclic) bond motifs is 1. The zero-order chi connectivity index (χ0) is 13.2. The lowest BCUT2D eigenvalue weighted by molar-refractivity contribution is 0.177. The average molecular weight is 259 g/mol. The van der Waals surface area contributed by atoms with Gasteiger partial charge in [-0.15, -0.1) is 0 Å². The third-order valence-electron chi connectivity index (χ3n) is 4.78. The maximum absolute atomic E-state index is 6.22. The van der Waals surface area contributed by atoms with Gasteiger partial charge in [-0.1, -0.05) is 30.7 Å². The standard InChI is InChI=1S/C16H25N3/c1-19-9-5-4-6-12(19)11-18-16-10-15(17)13-7-2-3-8-14(13)16/h2-3,7-8,12,15-16,18H,4-6,9-11,17H2,1H3. The lowest BCUT2D eigenvalue weighted by Gasteiger charge is -2.33. The van der Waals surface area contributed by atoms with Gasteiger partial charge in [-0.3, -0.25) is 0 Å². The number of nitrogens with two attached hydrogens (primary N) is 1. The van der Waals surface area contributed by atoms with Crippen LogP contribution in [0.1, 0.15) is 48.9 Å². The number of nitrogens with one attached hydrogen (secondary N) is 1. The van der Waals surface area contributed by atoms with E-state index in [0.717, 1.165) is 13.0 Å². The highest BCUT2D eigenvalue weighted by Crippen LogP contribution is 2.36. The highest BCUT2D eigenvalue weighted by molar-refractivity contribution is 5.37. The van der Waals surface area contributed by atoms with E-state index in [1.807, 2.05) is 0 Å². The zero-order valence-electron chi connectivity index (χ0n) is 11.8. The van der Waals surface area contributed by atoms with Gasteiger partial charge in [-0.25, -0.2) is 0 Å². The van der Waals surface area contributed by atoms with Crippen molar-refractivity contribution in [1.82, 2.24) is 10.2 Å². The Kier molecular flexibility index (Phi) is 3.87. The number of piperidine rings is 1. The first kappa shape index (κ1) is 13.1. The lowest BCUT2D eigenvalue weighted by Crippen LogP contribution is -2.43. The smallest absolute Gasteiger partial charge is 0.0342 e. The largest absolute Gasteiger partial charge is 0.324 e. The summed E-state index contributed by atoms with van der Waals surface area (Å²) in [6, 6.07) is 9.96. The summed E-state index contributed by atoms with van der Waals surface area (Å²) in [7, 11) is 2.25. The highest BCUT2D eigenvalue weighted by Gasteiger charge is 2.29. The Bertz CT molecular complexity index is 432. The van der Waals surface area contributed by atoms with Crippen molar-refractivity contribution in [3.05, 3.63) is 35.4 Å². The number of hydrogen-bond donors (Lipinski definition) is 2. The van der Waals surface area contributed by atoms with Crippen molar-refractivity contribution in [2.75, 3.05) is 20.1 Å². The second-order valence-electron chi connectivity index (χ2n) is 6.06. The molecule has 0 radical (unpaired) electrons. The van der Waals surface area contributed by atoms with Crippen LogP contribution in [0.15, 0.2) is 24.3 Å². The van der Waals surface area contributed by atoms with Crippen molar-refractivity contribution >= 4 is 0 Å². The van der Waals surface area contributed by atoms with Crippen LogP contribution in [0.5, 0.6) is 0 Å². The summed E-state index contributed by atoms with van der Waals surface area (Å²) in [6.07, 6.45) is 5.08. The number of nitrogens with zero attached hydrogens (tertiary/aromatic N) is 1. The van der Waals surface area contributed by atoms with E-state index < -0.39 is 0 Å². The van der Waals surface area contributed by atoms with E-state index in [1.54, 1.807) is 0 Å². The van der Waals surface area contributed by atoms with Crippen LogP contribution < -0.4 is 11.1 Å². The quantitative estimate of drug-likeness (QED) is 0.874. The molecule has 1 saturated heterocycles. The molecule has 0 spiro atoms. The van der Waals surface area contributed by atoms with Gasteiger partial charge in [0, 0.05) is 24.7 Å². The van der Waals surface area contributed by atoms with Gasteiger partial charge in [0.1, 0.15) is 0 Å². The number of hydrogen-bond acceptors (Lipinski definition) is 3. The minimum Gasteiger partial charge on any atom is -0.324 e. The third kappa shape index (κ3) is 2.69. The summed E-state index contributed by atoms with van der Waals surface area (Å²) in [4.78, 5) is 2.50. The molecule has 3 N–H and O–H groups in total. The zero-order valence-corrected chi connectivity index (χ0v) is 11.8. The molecule has 0 saturated carbocycles. The van der Waals surface area contributed by atoms with E-state index in [9.17, 15) is 0 Å². The number of likely N-dealkylation sites (tertiary alicyclic amines) is 1. The number of benzene rings is 1. The highest BCUT2D eigenvalue weighted by atomic mass is 15.2. The van der Waals surface area contributed by atoms with Crippen LogP contribution in [0.2, 0.25) is 0 Å². The molecular formula is C16H25N3. The van der Waals surface area contributed by atoms with Crippen LogP contribution >= 0.6 is 0 Å². The predicted octanol–water partition coefficient (Wildman–Crippen LogP) is 2.21. The lowest BCUT2D eigenvalue weighted by atomic mass is 10.0. The Balaban J connectivity index is 1.62. The van der Waals surface area contributed by atoms with Gasteiger partial charge in [-0.05, 0) is 44.0 Å². The van der Waals surface area contributed by atoms with Crippen molar-refractivity contribution in [1.29, 1.82) is 0 Å². The summed E-state index contributed by atoms with van der Waals surface area (Å²) in [5.74, 6) is 0. The topological polar surface area (TPSA) is 41.3 Å². The molecule has 3 atom stereocenters. The maximum atomic E-state index is 6.22. The molecule has 2 aliphatic rings. The fraction of sp³-hybridized carbons (Fsp3) is 0.625. The van der Waals surface area contributed by atoms with Crippen molar-refractivity contribution in [2.24, 2.45) is 5.73 Å². The van der Waals surface area contributed by atoms with E-state index in [2.05, 4.69) is 41.5 Å². The summed E-state index contributed by atoms with van der Waals surface area (Å²) in [5.41, 5.74) is 8.96. The molecule has 3 nitrogen and oxygen atoms in total. The second-order valence-corrected chi connectivity index (χ2v) is 6.06. The van der Waals surface area contributed by atoms with E-state index >= 15 is 0 Å². The number of likely N-dealkylation sites (N-methyl/N-ethyl adjacent to an activating group) is 1. The third-order valence-corrected chi connectivity index (χ3v) is 4.78. The molecule has 3 heteroatoms. The van der Waals surface area contributed by atoms with Crippen LogP contribution in [0, 0.1) is 0 Å². The summed E-state index contributed by atoms with van der Waals surface area (Å²) < 4.78 is 0. The van der Waals surface area contributed by atoms with Gasteiger partial charge < -0.3 is 16.0 Å². The van der Waals surface area contributed by atoms with E-state index in [1.165, 1.54) is 36.9 Å². The first-order chi connectivity index (χ1) is 9.25. The molecule has 3 rings (SSSR count). The van der Waals surface area contributed by atoms with Gasteiger partial charge in [0.2, 0.25) is 0 Å². The maximum Gasteiger partial charge on any atom is 0.0342 e. The Labute approximate surface area is 116 Å². The molecule has 1 aromatic carbocycles. The van der Waals surface area contributed by atoms with Crippen LogP contribution in [-0.4, -0.2) is 31.1 Å². The van der Waals surface area contributed by atoms with Crippen molar-refractivity contribution < 1.29 is 0 Å². The minimum atomic E-state index is 0.206. The monoisotopic (exact) mass is 259 g/mol. The van der Waals surface area contributed by atoms with E-state index in [-0.39, 0.29) is 6.04 Å². The van der Waals surface area contributed by atoms with E-state index in [0.29, 0.717) is 12.1 Å². The SMILES string of the molecule is CN1CCCCC1CNC1CC(N)c2ccccc21. The van der Waals surface area contributed by atoms with Gasteiger partial charge >= 0.3 is 0 Å². The first-order valence-corrected chi connectivity index (χ1v) is 7.53. The Morgan fingerprint density at radius 3 is 2.84 bits per heavy atom. The molecule has 1 aliphatic heterocycles. The molecule has 19 heavy (non-hydrogen) atoms. The van der Waals surface area contributed by atoms with Crippen LogP contribution in [0.4, 0.5) is 0 Å².